The Morgan fingerprint density at radius 2 is 2.06 bits per heavy atom. The van der Waals surface area contributed by atoms with Crippen LogP contribution < -0.4 is 4.74 Å². The lowest BCUT2D eigenvalue weighted by Crippen LogP contribution is -2.26. The van der Waals surface area contributed by atoms with Gasteiger partial charge in [0.1, 0.15) is 5.75 Å². The van der Waals surface area contributed by atoms with Gasteiger partial charge < -0.3 is 4.74 Å². The molecule has 1 aromatic carbocycles. The normalized spacial score (nSPS) is 11.3. The highest BCUT2D eigenvalue weighted by Gasteiger charge is 2.28. The summed E-state index contributed by atoms with van der Waals surface area (Å²) in [5.74, 6) is 0.756. The molecule has 0 bridgehead atoms. The quantitative estimate of drug-likeness (QED) is 0.608. The van der Waals surface area contributed by atoms with Crippen molar-refractivity contribution in [2.45, 2.75) is 13.8 Å². The van der Waals surface area contributed by atoms with Gasteiger partial charge in [-0.25, -0.2) is 0 Å². The van der Waals surface area contributed by atoms with Crippen molar-refractivity contribution in [1.82, 2.24) is 0 Å². The molecule has 0 aliphatic carbocycles. The zero-order valence-corrected chi connectivity index (χ0v) is 11.0. The minimum Gasteiger partial charge on any atom is -0.495 e. The maximum atomic E-state index is 12.1. The first-order chi connectivity index (χ1) is 7.42. The van der Waals surface area contributed by atoms with Crippen LogP contribution in [0.5, 0.6) is 5.75 Å². The molecule has 0 aromatic heterocycles. The third kappa shape index (κ3) is 2.69. The molecular weight excluding hydrogens is 247 g/mol. The van der Waals surface area contributed by atoms with Crippen molar-refractivity contribution in [3.05, 3.63) is 28.8 Å². The number of alkyl halides is 1. The fourth-order valence-corrected chi connectivity index (χ4v) is 1.57. The van der Waals surface area contributed by atoms with Gasteiger partial charge in [0, 0.05) is 16.9 Å². The predicted octanol–water partition coefficient (Wildman–Crippen LogP) is 3.80. The van der Waals surface area contributed by atoms with Crippen LogP contribution in [-0.2, 0) is 0 Å². The largest absolute Gasteiger partial charge is 0.495 e. The van der Waals surface area contributed by atoms with Gasteiger partial charge in [0.25, 0.3) is 0 Å². The standard InChI is InChI=1S/C12H14Cl2O2/c1-12(2,7-13)11(15)8-4-5-9(14)10(6-8)16-3/h4-6H,7H2,1-3H3. The van der Waals surface area contributed by atoms with E-state index in [-0.39, 0.29) is 11.7 Å². The topological polar surface area (TPSA) is 26.3 Å². The fourth-order valence-electron chi connectivity index (χ4n) is 1.25. The lowest BCUT2D eigenvalue weighted by molar-refractivity contribution is 0.0861. The van der Waals surface area contributed by atoms with Crippen LogP contribution in [0.3, 0.4) is 0 Å². The van der Waals surface area contributed by atoms with E-state index in [9.17, 15) is 4.79 Å². The number of rotatable bonds is 4. The van der Waals surface area contributed by atoms with E-state index in [0.29, 0.717) is 16.3 Å². The van der Waals surface area contributed by atoms with Crippen molar-refractivity contribution in [3.63, 3.8) is 0 Å². The highest BCUT2D eigenvalue weighted by molar-refractivity contribution is 6.32. The molecule has 2 nitrogen and oxygen atoms in total. The maximum absolute atomic E-state index is 12.1. The van der Waals surface area contributed by atoms with Gasteiger partial charge in [-0.2, -0.15) is 0 Å². The van der Waals surface area contributed by atoms with Gasteiger partial charge in [-0.3, -0.25) is 4.79 Å². The van der Waals surface area contributed by atoms with Crippen molar-refractivity contribution in [1.29, 1.82) is 0 Å². The number of halogens is 2. The molecule has 16 heavy (non-hydrogen) atoms. The van der Waals surface area contributed by atoms with Crippen LogP contribution in [0.25, 0.3) is 0 Å². The minimum atomic E-state index is -0.583. The highest BCUT2D eigenvalue weighted by atomic mass is 35.5. The van der Waals surface area contributed by atoms with Gasteiger partial charge in [0.05, 0.1) is 12.1 Å². The fraction of sp³-hybridized carbons (Fsp3) is 0.417. The molecule has 0 atom stereocenters. The van der Waals surface area contributed by atoms with Gasteiger partial charge >= 0.3 is 0 Å². The second-order valence-electron chi connectivity index (χ2n) is 4.20. The Morgan fingerprint density at radius 1 is 1.44 bits per heavy atom. The first-order valence-electron chi connectivity index (χ1n) is 4.86. The van der Waals surface area contributed by atoms with Crippen molar-refractivity contribution in [2.24, 2.45) is 5.41 Å². The molecule has 4 heteroatoms. The number of hydrogen-bond donors (Lipinski definition) is 0. The lowest BCUT2D eigenvalue weighted by atomic mass is 9.86. The summed E-state index contributed by atoms with van der Waals surface area (Å²) in [6.07, 6.45) is 0. The molecule has 1 rings (SSSR count). The predicted molar refractivity (Wildman–Crippen MR) is 66.8 cm³/mol. The third-order valence-corrected chi connectivity index (χ3v) is 3.34. The molecule has 0 heterocycles. The summed E-state index contributed by atoms with van der Waals surface area (Å²) < 4.78 is 5.06. The molecule has 0 saturated heterocycles. The van der Waals surface area contributed by atoms with E-state index in [4.69, 9.17) is 27.9 Å². The smallest absolute Gasteiger partial charge is 0.169 e. The van der Waals surface area contributed by atoms with E-state index in [2.05, 4.69) is 0 Å². The first-order valence-corrected chi connectivity index (χ1v) is 5.78. The summed E-state index contributed by atoms with van der Waals surface area (Å²) in [6.45, 7) is 3.62. The van der Waals surface area contributed by atoms with Crippen LogP contribution >= 0.6 is 23.2 Å². The number of methoxy groups -OCH3 is 1. The third-order valence-electron chi connectivity index (χ3n) is 2.36. The number of benzene rings is 1. The van der Waals surface area contributed by atoms with Gasteiger partial charge in [0.2, 0.25) is 0 Å². The zero-order chi connectivity index (χ0) is 12.3. The van der Waals surface area contributed by atoms with Crippen molar-refractivity contribution >= 4 is 29.0 Å². The van der Waals surface area contributed by atoms with Gasteiger partial charge in [-0.15, -0.1) is 11.6 Å². The van der Waals surface area contributed by atoms with Crippen molar-refractivity contribution < 1.29 is 9.53 Å². The van der Waals surface area contributed by atoms with Crippen LogP contribution in [0.1, 0.15) is 24.2 Å². The maximum Gasteiger partial charge on any atom is 0.169 e. The number of ketones is 1. The van der Waals surface area contributed by atoms with E-state index in [1.54, 1.807) is 18.2 Å². The Hall–Kier alpha value is -0.730. The summed E-state index contributed by atoms with van der Waals surface area (Å²) in [5.41, 5.74) is -0.0210. The van der Waals surface area contributed by atoms with E-state index < -0.39 is 5.41 Å². The molecule has 0 amide bonds. The van der Waals surface area contributed by atoms with Crippen molar-refractivity contribution in [3.8, 4) is 5.75 Å². The van der Waals surface area contributed by atoms with Gasteiger partial charge in [0.15, 0.2) is 5.78 Å². The molecule has 0 aliphatic heterocycles. The number of Topliss-reactive ketones (excluding diaryl/α,β-unsaturated/α-hetero) is 1. The van der Waals surface area contributed by atoms with Crippen molar-refractivity contribution in [2.75, 3.05) is 13.0 Å². The second-order valence-corrected chi connectivity index (χ2v) is 4.87. The Labute approximate surface area is 106 Å². The number of carbonyl (C=O) groups is 1. The van der Waals surface area contributed by atoms with Crippen LogP contribution in [-0.4, -0.2) is 18.8 Å². The average molecular weight is 261 g/mol. The average Bonchev–Trinajstić information content (AvgIpc) is 2.28. The second kappa shape index (κ2) is 5.07. The summed E-state index contributed by atoms with van der Waals surface area (Å²) in [6, 6.07) is 4.97. The number of hydrogen-bond acceptors (Lipinski definition) is 2. The molecule has 0 saturated carbocycles. The molecular formula is C12H14Cl2O2. The summed E-state index contributed by atoms with van der Waals surface area (Å²) in [5, 5.41) is 0.489. The molecule has 88 valence electrons. The highest BCUT2D eigenvalue weighted by Crippen LogP contribution is 2.29. The van der Waals surface area contributed by atoms with Gasteiger partial charge in [-0.1, -0.05) is 25.4 Å². The van der Waals surface area contributed by atoms with E-state index in [1.807, 2.05) is 13.8 Å². The number of ether oxygens (including phenoxy) is 1. The van der Waals surface area contributed by atoms with E-state index in [0.717, 1.165) is 0 Å². The lowest BCUT2D eigenvalue weighted by Gasteiger charge is -2.20. The SMILES string of the molecule is COc1cc(C(=O)C(C)(C)CCl)ccc1Cl. The molecule has 0 radical (unpaired) electrons. The molecule has 0 N–H and O–H groups in total. The van der Waals surface area contributed by atoms with E-state index >= 15 is 0 Å². The molecule has 0 aliphatic rings. The Morgan fingerprint density at radius 3 is 2.56 bits per heavy atom. The summed E-state index contributed by atoms with van der Waals surface area (Å²) in [7, 11) is 1.52. The van der Waals surface area contributed by atoms with Crippen LogP contribution in [0.15, 0.2) is 18.2 Å². The van der Waals surface area contributed by atoms with E-state index in [1.165, 1.54) is 7.11 Å². The monoisotopic (exact) mass is 260 g/mol. The van der Waals surface area contributed by atoms with Gasteiger partial charge in [-0.05, 0) is 18.2 Å². The summed E-state index contributed by atoms with van der Waals surface area (Å²) >= 11 is 11.7. The Kier molecular flexibility index (Phi) is 4.22. The van der Waals surface area contributed by atoms with Crippen LogP contribution in [0, 0.1) is 5.41 Å². The molecule has 0 fully saturated rings. The minimum absolute atomic E-state index is 0.0162. The zero-order valence-electron chi connectivity index (χ0n) is 9.51. The molecule has 1 aromatic rings. The first kappa shape index (κ1) is 13.3. The van der Waals surface area contributed by atoms with Crippen LogP contribution in [0.4, 0.5) is 0 Å². The Bertz CT molecular complexity index is 400. The molecule has 0 unspecified atom stereocenters. The van der Waals surface area contributed by atoms with Crippen LogP contribution in [0.2, 0.25) is 5.02 Å². The summed E-state index contributed by atoms with van der Waals surface area (Å²) in [4.78, 5) is 12.1. The Balaban J connectivity index is 3.10. The number of carbonyl (C=O) groups excluding carboxylic acids is 1. The molecule has 0 spiro atoms.